The average molecular weight is 118 g/mol. The fourth-order valence-corrected chi connectivity index (χ4v) is 0.445. The molecular formula is C5H12NO2. The van der Waals surface area contributed by atoms with Gasteiger partial charge in [-0.2, -0.15) is 0 Å². The van der Waals surface area contributed by atoms with E-state index in [4.69, 9.17) is 15.6 Å². The molecule has 0 fully saturated rings. The first-order valence-corrected chi connectivity index (χ1v) is 2.63. The van der Waals surface area contributed by atoms with Gasteiger partial charge in [0.2, 0.25) is 0 Å². The summed E-state index contributed by atoms with van der Waals surface area (Å²) in [5, 5.41) is 8.45. The molecule has 1 radical (unpaired) electrons. The van der Waals surface area contributed by atoms with Gasteiger partial charge in [0.1, 0.15) is 0 Å². The second-order valence-electron chi connectivity index (χ2n) is 1.58. The lowest BCUT2D eigenvalue weighted by Crippen LogP contribution is -2.17. The molecule has 0 aromatic carbocycles. The minimum Gasteiger partial charge on any atom is -0.394 e. The predicted octanol–water partition coefficient (Wildman–Crippen LogP) is -0.333. The second kappa shape index (κ2) is 5.03. The number of methoxy groups -OCH3 is 1. The molecule has 0 aromatic heterocycles. The van der Waals surface area contributed by atoms with Crippen molar-refractivity contribution in [3.63, 3.8) is 0 Å². The molecule has 0 saturated carbocycles. The van der Waals surface area contributed by atoms with Crippen LogP contribution in [0.5, 0.6) is 0 Å². The van der Waals surface area contributed by atoms with E-state index in [1.54, 1.807) is 0 Å². The van der Waals surface area contributed by atoms with E-state index in [2.05, 4.69) is 0 Å². The maximum atomic E-state index is 8.45. The lowest BCUT2D eigenvalue weighted by Gasteiger charge is -2.08. The van der Waals surface area contributed by atoms with E-state index in [-0.39, 0.29) is 12.7 Å². The average Bonchev–Trinajstić information content (AvgIpc) is 1.83. The van der Waals surface area contributed by atoms with Crippen molar-refractivity contribution < 1.29 is 9.84 Å². The Morgan fingerprint density at radius 3 is 2.50 bits per heavy atom. The molecule has 0 spiro atoms. The molecule has 3 heteroatoms. The Morgan fingerprint density at radius 1 is 1.75 bits per heavy atom. The van der Waals surface area contributed by atoms with Crippen LogP contribution >= 0.6 is 0 Å². The zero-order valence-electron chi connectivity index (χ0n) is 5.05. The molecule has 8 heavy (non-hydrogen) atoms. The van der Waals surface area contributed by atoms with Gasteiger partial charge in [-0.05, 0) is 6.42 Å². The van der Waals surface area contributed by atoms with Gasteiger partial charge in [-0.15, -0.1) is 0 Å². The van der Waals surface area contributed by atoms with E-state index in [0.29, 0.717) is 13.0 Å². The highest BCUT2D eigenvalue weighted by molar-refractivity contribution is 4.53. The Bertz CT molecular complexity index is 45.7. The van der Waals surface area contributed by atoms with E-state index in [1.165, 1.54) is 7.11 Å². The van der Waals surface area contributed by atoms with Crippen molar-refractivity contribution in [2.75, 3.05) is 20.3 Å². The number of ether oxygens (including phenoxy) is 1. The van der Waals surface area contributed by atoms with E-state index < -0.39 is 0 Å². The number of aliphatic hydroxyl groups excluding tert-OH is 1. The van der Waals surface area contributed by atoms with Crippen LogP contribution in [-0.2, 0) is 4.74 Å². The third-order valence-corrected chi connectivity index (χ3v) is 1.00. The van der Waals surface area contributed by atoms with Gasteiger partial charge in [-0.25, -0.2) is 0 Å². The van der Waals surface area contributed by atoms with Crippen LogP contribution in [-0.4, -0.2) is 31.5 Å². The van der Waals surface area contributed by atoms with Gasteiger partial charge in [0.05, 0.1) is 12.7 Å². The summed E-state index contributed by atoms with van der Waals surface area (Å²) in [6, 6.07) is 0. The summed E-state index contributed by atoms with van der Waals surface area (Å²) < 4.78 is 4.77. The van der Waals surface area contributed by atoms with E-state index in [1.807, 2.05) is 0 Å². The second-order valence-corrected chi connectivity index (χ2v) is 1.58. The molecule has 0 heterocycles. The highest BCUT2D eigenvalue weighted by Crippen LogP contribution is 1.91. The molecule has 0 bridgehead atoms. The highest BCUT2D eigenvalue weighted by atomic mass is 16.5. The maximum absolute atomic E-state index is 8.45. The minimum absolute atomic E-state index is 0.0232. The molecule has 0 amide bonds. The molecule has 49 valence electrons. The molecule has 3 nitrogen and oxygen atoms in total. The quantitative estimate of drug-likeness (QED) is 0.549. The van der Waals surface area contributed by atoms with E-state index in [9.17, 15) is 0 Å². The Hall–Kier alpha value is -0.120. The lowest BCUT2D eigenvalue weighted by molar-refractivity contribution is 0.0447. The molecule has 0 aromatic rings. The summed E-state index contributed by atoms with van der Waals surface area (Å²) in [7, 11) is 1.54. The lowest BCUT2D eigenvalue weighted by atomic mass is 10.3. The van der Waals surface area contributed by atoms with Crippen LogP contribution in [0.1, 0.15) is 6.42 Å². The summed E-state index contributed by atoms with van der Waals surface area (Å²) in [4.78, 5) is 0. The first-order valence-electron chi connectivity index (χ1n) is 2.63. The van der Waals surface area contributed by atoms with Crippen molar-refractivity contribution in [2.45, 2.75) is 12.5 Å². The molecule has 2 N–H and O–H groups in total. The fourth-order valence-electron chi connectivity index (χ4n) is 0.445. The molecule has 0 aliphatic heterocycles. The predicted molar refractivity (Wildman–Crippen MR) is 30.5 cm³/mol. The maximum Gasteiger partial charge on any atom is 0.0814 e. The van der Waals surface area contributed by atoms with Crippen molar-refractivity contribution >= 4 is 0 Å². The Labute approximate surface area is 49.4 Å². The molecule has 0 aliphatic carbocycles. The fraction of sp³-hybridized carbons (Fsp3) is 1.00. The van der Waals surface area contributed by atoms with Crippen molar-refractivity contribution in [3.05, 3.63) is 0 Å². The molecule has 1 atom stereocenters. The summed E-state index contributed by atoms with van der Waals surface area (Å²) in [6.07, 6.45) is 0.486. The van der Waals surface area contributed by atoms with Crippen molar-refractivity contribution in [2.24, 2.45) is 0 Å². The third-order valence-electron chi connectivity index (χ3n) is 1.00. The summed E-state index contributed by atoms with van der Waals surface area (Å²) in [5.74, 6) is 0. The van der Waals surface area contributed by atoms with Gasteiger partial charge in [0.25, 0.3) is 0 Å². The van der Waals surface area contributed by atoms with Crippen LogP contribution in [0.2, 0.25) is 0 Å². The molecule has 1 unspecified atom stereocenters. The largest absolute Gasteiger partial charge is 0.394 e. The topological polar surface area (TPSA) is 53.3 Å². The monoisotopic (exact) mass is 118 g/mol. The minimum atomic E-state index is -0.132. The van der Waals surface area contributed by atoms with Crippen LogP contribution in [0.3, 0.4) is 0 Å². The Balaban J connectivity index is 3.07. The SMILES string of the molecule is COC(CO)CC[NH]. The molecular weight excluding hydrogens is 106 g/mol. The Kier molecular flexibility index (Phi) is 4.95. The first kappa shape index (κ1) is 7.88. The van der Waals surface area contributed by atoms with Gasteiger partial charge >= 0.3 is 0 Å². The molecule has 0 aliphatic rings. The van der Waals surface area contributed by atoms with Crippen LogP contribution in [0, 0.1) is 0 Å². The number of hydrogen-bond acceptors (Lipinski definition) is 2. The van der Waals surface area contributed by atoms with Crippen LogP contribution < -0.4 is 5.73 Å². The van der Waals surface area contributed by atoms with Gasteiger partial charge in [0.15, 0.2) is 0 Å². The molecule has 0 rings (SSSR count). The van der Waals surface area contributed by atoms with Gasteiger partial charge in [0, 0.05) is 13.7 Å². The number of aliphatic hydroxyl groups is 1. The van der Waals surface area contributed by atoms with Gasteiger partial charge in [-0.3, -0.25) is 5.73 Å². The zero-order valence-corrected chi connectivity index (χ0v) is 5.05. The normalized spacial score (nSPS) is 13.9. The standard InChI is InChI=1S/C5H12NO2/c1-8-5(4-7)2-3-6/h5-7H,2-4H2,1H3. The summed E-state index contributed by atoms with van der Waals surface area (Å²) in [6.45, 7) is 0.342. The first-order chi connectivity index (χ1) is 3.85. The van der Waals surface area contributed by atoms with E-state index in [0.717, 1.165) is 0 Å². The highest BCUT2D eigenvalue weighted by Gasteiger charge is 2.01. The van der Waals surface area contributed by atoms with Gasteiger partial charge < -0.3 is 9.84 Å². The summed E-state index contributed by atoms with van der Waals surface area (Å²) >= 11 is 0. The van der Waals surface area contributed by atoms with E-state index >= 15 is 0 Å². The molecule has 0 saturated heterocycles. The van der Waals surface area contributed by atoms with Crippen molar-refractivity contribution in [1.82, 2.24) is 5.73 Å². The summed E-state index contributed by atoms with van der Waals surface area (Å²) in [5.41, 5.74) is 6.75. The van der Waals surface area contributed by atoms with Gasteiger partial charge in [-0.1, -0.05) is 0 Å². The van der Waals surface area contributed by atoms with Crippen LogP contribution in [0.25, 0.3) is 0 Å². The number of rotatable bonds is 4. The zero-order chi connectivity index (χ0) is 6.41. The van der Waals surface area contributed by atoms with Crippen LogP contribution in [0.15, 0.2) is 0 Å². The Morgan fingerprint density at radius 2 is 2.38 bits per heavy atom. The number of hydrogen-bond donors (Lipinski definition) is 1. The smallest absolute Gasteiger partial charge is 0.0814 e. The van der Waals surface area contributed by atoms with Crippen molar-refractivity contribution in [1.29, 1.82) is 0 Å². The van der Waals surface area contributed by atoms with Crippen LogP contribution in [0.4, 0.5) is 0 Å². The third kappa shape index (κ3) is 2.96. The number of nitrogens with one attached hydrogen (secondary N) is 1. The van der Waals surface area contributed by atoms with Crippen molar-refractivity contribution in [3.8, 4) is 0 Å².